The monoisotopic (exact) mass is 407 g/mol. The molecule has 1 spiro atoms. The highest BCUT2D eigenvalue weighted by atomic mass is 16.5. The topological polar surface area (TPSA) is 97.0 Å². The quantitative estimate of drug-likeness (QED) is 0.761. The minimum Gasteiger partial charge on any atom is -0.490 e. The summed E-state index contributed by atoms with van der Waals surface area (Å²) >= 11 is 0. The number of ether oxygens (including phenoxy) is 2. The third-order valence-electron chi connectivity index (χ3n) is 5.76. The van der Waals surface area contributed by atoms with E-state index in [2.05, 4.69) is 10.6 Å². The molecule has 0 radical (unpaired) electrons. The first kappa shape index (κ1) is 18.5. The number of hydrogen-bond donors (Lipinski definition) is 2. The summed E-state index contributed by atoms with van der Waals surface area (Å²) in [6.07, 6.45) is 1.99. The zero-order chi connectivity index (χ0) is 20.7. The van der Waals surface area contributed by atoms with E-state index in [0.717, 1.165) is 22.4 Å². The summed E-state index contributed by atoms with van der Waals surface area (Å²) in [6.45, 7) is 0.759. The van der Waals surface area contributed by atoms with E-state index in [0.29, 0.717) is 43.2 Å². The van der Waals surface area contributed by atoms with E-state index in [1.165, 1.54) is 0 Å². The van der Waals surface area contributed by atoms with Crippen LogP contribution in [0.15, 0.2) is 42.5 Å². The highest BCUT2D eigenvalue weighted by molar-refractivity contribution is 6.11. The van der Waals surface area contributed by atoms with Gasteiger partial charge in [0.2, 0.25) is 5.91 Å². The molecule has 2 aliphatic heterocycles. The number of hydrogen-bond acceptors (Lipinski definition) is 5. The molecule has 2 aromatic rings. The average molecular weight is 407 g/mol. The van der Waals surface area contributed by atoms with Gasteiger partial charge in [-0.1, -0.05) is 24.3 Å². The van der Waals surface area contributed by atoms with Gasteiger partial charge in [0.05, 0.1) is 13.2 Å². The molecule has 4 amide bonds. The van der Waals surface area contributed by atoms with E-state index in [-0.39, 0.29) is 12.5 Å². The van der Waals surface area contributed by atoms with Gasteiger partial charge in [0.25, 0.3) is 5.91 Å². The molecular formula is C22H21N3O5. The summed E-state index contributed by atoms with van der Waals surface area (Å²) in [7, 11) is 0. The Hall–Kier alpha value is -3.55. The molecule has 2 N–H and O–H groups in total. The molecule has 30 heavy (non-hydrogen) atoms. The molecule has 154 valence electrons. The average Bonchev–Trinajstić information content (AvgIpc) is 3.09. The van der Waals surface area contributed by atoms with Crippen molar-refractivity contribution in [3.05, 3.63) is 53.6 Å². The Bertz CT molecular complexity index is 1050. The van der Waals surface area contributed by atoms with Crippen molar-refractivity contribution in [1.82, 2.24) is 10.2 Å². The van der Waals surface area contributed by atoms with Crippen LogP contribution in [0.5, 0.6) is 11.5 Å². The minimum absolute atomic E-state index is 0.358. The van der Waals surface area contributed by atoms with Gasteiger partial charge in [0, 0.05) is 18.2 Å². The first-order valence-electron chi connectivity index (χ1n) is 9.99. The number of fused-ring (bicyclic) bond motifs is 3. The molecule has 0 aromatic heterocycles. The Morgan fingerprint density at radius 1 is 1.10 bits per heavy atom. The van der Waals surface area contributed by atoms with E-state index >= 15 is 0 Å². The lowest BCUT2D eigenvalue weighted by Crippen LogP contribution is -2.42. The molecule has 1 atom stereocenters. The second-order valence-corrected chi connectivity index (χ2v) is 7.64. The second-order valence-electron chi connectivity index (χ2n) is 7.64. The summed E-state index contributed by atoms with van der Waals surface area (Å²) < 4.78 is 11.2. The van der Waals surface area contributed by atoms with Crippen molar-refractivity contribution in [1.29, 1.82) is 0 Å². The normalized spacial score (nSPS) is 21.9. The predicted molar refractivity (Wildman–Crippen MR) is 107 cm³/mol. The van der Waals surface area contributed by atoms with Gasteiger partial charge in [-0.3, -0.25) is 14.5 Å². The number of aryl methyl sites for hydroxylation is 1. The van der Waals surface area contributed by atoms with Crippen molar-refractivity contribution in [3.8, 4) is 11.5 Å². The number of imide groups is 1. The van der Waals surface area contributed by atoms with Crippen LogP contribution in [0.25, 0.3) is 0 Å². The van der Waals surface area contributed by atoms with Gasteiger partial charge in [0.1, 0.15) is 12.1 Å². The Kier molecular flexibility index (Phi) is 4.34. The van der Waals surface area contributed by atoms with Gasteiger partial charge >= 0.3 is 6.03 Å². The number of amides is 4. The van der Waals surface area contributed by atoms with Crippen molar-refractivity contribution in [2.24, 2.45) is 0 Å². The third-order valence-corrected chi connectivity index (χ3v) is 5.76. The van der Waals surface area contributed by atoms with Gasteiger partial charge in [-0.15, -0.1) is 0 Å². The van der Waals surface area contributed by atoms with Crippen molar-refractivity contribution in [3.63, 3.8) is 0 Å². The maximum absolute atomic E-state index is 13.1. The predicted octanol–water partition coefficient (Wildman–Crippen LogP) is 2.18. The van der Waals surface area contributed by atoms with Crippen LogP contribution in [0.4, 0.5) is 10.5 Å². The summed E-state index contributed by atoms with van der Waals surface area (Å²) in [5.41, 5.74) is 1.31. The Balaban J connectivity index is 1.31. The van der Waals surface area contributed by atoms with E-state index in [1.807, 2.05) is 24.3 Å². The van der Waals surface area contributed by atoms with Crippen LogP contribution >= 0.6 is 0 Å². The number of urea groups is 1. The molecule has 2 aromatic carbocycles. The summed E-state index contributed by atoms with van der Waals surface area (Å²) in [5.74, 6) is 0.339. The van der Waals surface area contributed by atoms with Crippen LogP contribution in [-0.2, 0) is 21.5 Å². The van der Waals surface area contributed by atoms with Crippen molar-refractivity contribution < 1.29 is 23.9 Å². The number of rotatable bonds is 3. The van der Waals surface area contributed by atoms with E-state index in [4.69, 9.17) is 9.47 Å². The zero-order valence-electron chi connectivity index (χ0n) is 16.3. The lowest BCUT2D eigenvalue weighted by atomic mass is 9.92. The van der Waals surface area contributed by atoms with Crippen LogP contribution < -0.4 is 20.1 Å². The standard InChI is InChI=1S/C22H21N3O5/c26-19(23-15-6-7-17-18(12-15)30-11-3-10-29-17)13-25-20(27)22(24-21(25)28)9-8-14-4-1-2-5-16(14)22/h1-2,4-7,12H,3,8-11,13H2,(H,23,26)(H,24,28). The molecule has 1 unspecified atom stereocenters. The first-order valence-corrected chi connectivity index (χ1v) is 9.99. The minimum atomic E-state index is -1.07. The number of benzene rings is 2. The van der Waals surface area contributed by atoms with Crippen LogP contribution in [0.3, 0.4) is 0 Å². The number of carbonyl (C=O) groups excluding carboxylic acids is 3. The summed E-state index contributed by atoms with van der Waals surface area (Å²) in [5, 5.41) is 5.55. The molecule has 3 aliphatic rings. The highest BCUT2D eigenvalue weighted by Gasteiger charge is 2.55. The number of nitrogens with one attached hydrogen (secondary N) is 2. The molecule has 0 bridgehead atoms. The van der Waals surface area contributed by atoms with Crippen molar-refractivity contribution in [2.75, 3.05) is 25.1 Å². The molecule has 1 fully saturated rings. The molecule has 1 saturated heterocycles. The van der Waals surface area contributed by atoms with E-state index in [9.17, 15) is 14.4 Å². The number of carbonyl (C=O) groups is 3. The lowest BCUT2D eigenvalue weighted by Gasteiger charge is -2.22. The van der Waals surface area contributed by atoms with E-state index in [1.54, 1.807) is 18.2 Å². The van der Waals surface area contributed by atoms with Crippen LogP contribution in [0, 0.1) is 0 Å². The van der Waals surface area contributed by atoms with Crippen LogP contribution in [0.2, 0.25) is 0 Å². The fraction of sp³-hybridized carbons (Fsp3) is 0.318. The number of anilines is 1. The van der Waals surface area contributed by atoms with Crippen molar-refractivity contribution in [2.45, 2.75) is 24.8 Å². The van der Waals surface area contributed by atoms with Crippen LogP contribution in [-0.4, -0.2) is 42.5 Å². The fourth-order valence-electron chi connectivity index (χ4n) is 4.32. The largest absolute Gasteiger partial charge is 0.490 e. The fourth-order valence-corrected chi connectivity index (χ4v) is 4.32. The second kappa shape index (κ2) is 7.05. The van der Waals surface area contributed by atoms with Gasteiger partial charge < -0.3 is 20.1 Å². The van der Waals surface area contributed by atoms with Gasteiger partial charge in [-0.05, 0) is 36.1 Å². The Labute approximate surface area is 173 Å². The Morgan fingerprint density at radius 3 is 2.77 bits per heavy atom. The SMILES string of the molecule is O=C(CN1C(=O)NC2(CCc3ccccc32)C1=O)Nc1ccc2c(c1)OCCCO2. The Morgan fingerprint density at radius 2 is 1.90 bits per heavy atom. The molecular weight excluding hydrogens is 386 g/mol. The molecule has 1 aliphatic carbocycles. The highest BCUT2D eigenvalue weighted by Crippen LogP contribution is 2.41. The van der Waals surface area contributed by atoms with Crippen LogP contribution in [0.1, 0.15) is 24.0 Å². The molecule has 8 heteroatoms. The smallest absolute Gasteiger partial charge is 0.325 e. The molecule has 8 nitrogen and oxygen atoms in total. The third kappa shape index (κ3) is 2.96. The molecule has 0 saturated carbocycles. The van der Waals surface area contributed by atoms with E-state index < -0.39 is 17.5 Å². The first-order chi connectivity index (χ1) is 14.6. The number of nitrogens with zero attached hydrogens (tertiary/aromatic N) is 1. The lowest BCUT2D eigenvalue weighted by molar-refractivity contribution is -0.134. The zero-order valence-corrected chi connectivity index (χ0v) is 16.3. The van der Waals surface area contributed by atoms with Crippen molar-refractivity contribution >= 4 is 23.5 Å². The van der Waals surface area contributed by atoms with Gasteiger partial charge in [0.15, 0.2) is 11.5 Å². The summed E-state index contributed by atoms with van der Waals surface area (Å²) in [6, 6.07) is 12.2. The van der Waals surface area contributed by atoms with Gasteiger partial charge in [-0.2, -0.15) is 0 Å². The summed E-state index contributed by atoms with van der Waals surface area (Å²) in [4.78, 5) is 39.3. The molecule has 5 rings (SSSR count). The molecule has 2 heterocycles. The maximum atomic E-state index is 13.1. The maximum Gasteiger partial charge on any atom is 0.325 e. The van der Waals surface area contributed by atoms with Gasteiger partial charge in [-0.25, -0.2) is 4.79 Å².